The molecule has 16 heavy (non-hydrogen) atoms. The van der Waals surface area contributed by atoms with Gasteiger partial charge in [-0.25, -0.2) is 0 Å². The number of benzene rings is 2. The summed E-state index contributed by atoms with van der Waals surface area (Å²) in [6, 6.07) is 18.5. The Kier molecular flexibility index (Phi) is 3.01. The lowest BCUT2D eigenvalue weighted by atomic mass is 10.2. The molecule has 79 valence electrons. The van der Waals surface area contributed by atoms with Crippen molar-refractivity contribution in [3.63, 3.8) is 0 Å². The molecular formula is C14H12NO. The molecule has 0 aliphatic heterocycles. The predicted molar refractivity (Wildman–Crippen MR) is 65.1 cm³/mol. The van der Waals surface area contributed by atoms with Gasteiger partial charge in [-0.15, -0.1) is 0 Å². The van der Waals surface area contributed by atoms with E-state index in [-0.39, 0.29) is 5.91 Å². The average Bonchev–Trinajstić information content (AvgIpc) is 2.39. The van der Waals surface area contributed by atoms with Gasteiger partial charge in [0.25, 0.3) is 5.91 Å². The van der Waals surface area contributed by atoms with Crippen molar-refractivity contribution in [3.8, 4) is 0 Å². The number of amides is 1. The molecule has 0 atom stereocenters. The molecule has 2 aromatic rings. The highest BCUT2D eigenvalue weighted by molar-refractivity contribution is 6.06. The Morgan fingerprint density at radius 3 is 1.94 bits per heavy atom. The Morgan fingerprint density at radius 1 is 0.875 bits per heavy atom. The Bertz CT molecular complexity index is 465. The first-order valence-electron chi connectivity index (χ1n) is 5.04. The fourth-order valence-electron chi connectivity index (χ4n) is 1.46. The summed E-state index contributed by atoms with van der Waals surface area (Å²) in [5.41, 5.74) is 1.43. The second-order valence-electron chi connectivity index (χ2n) is 3.43. The second kappa shape index (κ2) is 4.62. The maximum atomic E-state index is 12.0. The van der Waals surface area contributed by atoms with Gasteiger partial charge in [0.05, 0.1) is 0 Å². The molecule has 0 saturated carbocycles. The molecule has 0 bridgehead atoms. The number of nitrogens with zero attached hydrogens (tertiary/aromatic N) is 1. The fourth-order valence-corrected chi connectivity index (χ4v) is 1.46. The largest absolute Gasteiger partial charge is 0.307 e. The van der Waals surface area contributed by atoms with Crippen LogP contribution in [0, 0.1) is 7.05 Å². The first kappa shape index (κ1) is 10.4. The van der Waals surface area contributed by atoms with Crippen molar-refractivity contribution in [1.82, 2.24) is 0 Å². The molecule has 2 rings (SSSR count). The summed E-state index contributed by atoms with van der Waals surface area (Å²) in [6.07, 6.45) is 0. The quantitative estimate of drug-likeness (QED) is 0.745. The lowest BCUT2D eigenvalue weighted by molar-refractivity contribution is 0.0997. The van der Waals surface area contributed by atoms with Crippen LogP contribution in [0.4, 0.5) is 5.69 Å². The smallest absolute Gasteiger partial charge is 0.258 e. The Balaban J connectivity index is 2.24. The van der Waals surface area contributed by atoms with Crippen LogP contribution in [0.25, 0.3) is 0 Å². The molecule has 0 aromatic heterocycles. The summed E-state index contributed by atoms with van der Waals surface area (Å²) in [7, 11) is 3.77. The molecule has 2 aromatic carbocycles. The number of rotatable bonds is 2. The van der Waals surface area contributed by atoms with Crippen molar-refractivity contribution in [1.29, 1.82) is 0 Å². The predicted octanol–water partition coefficient (Wildman–Crippen LogP) is 3.12. The van der Waals surface area contributed by atoms with Crippen molar-refractivity contribution < 1.29 is 4.79 Å². The van der Waals surface area contributed by atoms with Gasteiger partial charge >= 0.3 is 0 Å². The minimum Gasteiger partial charge on any atom is -0.307 e. The van der Waals surface area contributed by atoms with Crippen LogP contribution < -0.4 is 4.90 Å². The third kappa shape index (κ3) is 2.11. The van der Waals surface area contributed by atoms with Gasteiger partial charge in [0.1, 0.15) is 0 Å². The molecule has 0 fully saturated rings. The Hall–Kier alpha value is -2.09. The van der Waals surface area contributed by atoms with Gasteiger partial charge in [0.15, 0.2) is 0 Å². The van der Waals surface area contributed by atoms with Gasteiger partial charge in [0, 0.05) is 18.3 Å². The summed E-state index contributed by atoms with van der Waals surface area (Å²) in [4.78, 5) is 13.4. The standard InChI is InChI=1S/C14H12NO/c1-15(13-10-6-3-7-11-13)14(16)12-8-4-2-5-9-12/h2-11H,1H2. The molecule has 0 aliphatic carbocycles. The van der Waals surface area contributed by atoms with Crippen LogP contribution in [0.2, 0.25) is 0 Å². The molecule has 0 saturated heterocycles. The van der Waals surface area contributed by atoms with Crippen LogP contribution in [0.3, 0.4) is 0 Å². The zero-order chi connectivity index (χ0) is 11.4. The third-order valence-electron chi connectivity index (χ3n) is 2.33. The number of carbonyl (C=O) groups is 1. The number of hydrogen-bond donors (Lipinski definition) is 0. The van der Waals surface area contributed by atoms with E-state index >= 15 is 0 Å². The zero-order valence-electron chi connectivity index (χ0n) is 8.84. The number of para-hydroxylation sites is 1. The number of carbonyl (C=O) groups excluding carboxylic acids is 1. The lowest BCUT2D eigenvalue weighted by Crippen LogP contribution is -2.23. The summed E-state index contributed by atoms with van der Waals surface area (Å²) in [6.45, 7) is 0. The normalized spacial score (nSPS) is 9.81. The van der Waals surface area contributed by atoms with Crippen LogP contribution in [0.15, 0.2) is 60.7 Å². The number of anilines is 1. The average molecular weight is 210 g/mol. The van der Waals surface area contributed by atoms with Crippen molar-refractivity contribution in [3.05, 3.63) is 73.3 Å². The van der Waals surface area contributed by atoms with Crippen molar-refractivity contribution in [2.24, 2.45) is 0 Å². The van der Waals surface area contributed by atoms with E-state index in [1.807, 2.05) is 48.5 Å². The number of hydrogen-bond acceptors (Lipinski definition) is 1. The van der Waals surface area contributed by atoms with E-state index in [2.05, 4.69) is 7.05 Å². The summed E-state index contributed by atoms with van der Waals surface area (Å²) in [5.74, 6) is -0.105. The highest BCUT2D eigenvalue weighted by Crippen LogP contribution is 2.15. The van der Waals surface area contributed by atoms with Crippen molar-refractivity contribution in [2.75, 3.05) is 4.90 Å². The maximum absolute atomic E-state index is 12.0. The monoisotopic (exact) mass is 210 g/mol. The molecule has 2 heteroatoms. The van der Waals surface area contributed by atoms with E-state index in [9.17, 15) is 4.79 Å². The van der Waals surface area contributed by atoms with Crippen molar-refractivity contribution in [2.45, 2.75) is 0 Å². The molecule has 0 heterocycles. The summed E-state index contributed by atoms with van der Waals surface area (Å²) < 4.78 is 0. The van der Waals surface area contributed by atoms with Gasteiger partial charge in [-0.3, -0.25) is 4.79 Å². The van der Waals surface area contributed by atoms with Crippen LogP contribution in [-0.4, -0.2) is 5.91 Å². The maximum Gasteiger partial charge on any atom is 0.258 e. The van der Waals surface area contributed by atoms with Gasteiger partial charge in [-0.1, -0.05) is 36.4 Å². The minimum absolute atomic E-state index is 0.105. The van der Waals surface area contributed by atoms with E-state index in [0.29, 0.717) is 5.56 Å². The van der Waals surface area contributed by atoms with Gasteiger partial charge < -0.3 is 4.90 Å². The van der Waals surface area contributed by atoms with Gasteiger partial charge in [-0.2, -0.15) is 0 Å². The van der Waals surface area contributed by atoms with E-state index in [1.54, 1.807) is 12.1 Å². The molecule has 0 N–H and O–H groups in total. The second-order valence-corrected chi connectivity index (χ2v) is 3.43. The zero-order valence-corrected chi connectivity index (χ0v) is 8.84. The van der Waals surface area contributed by atoms with Gasteiger partial charge in [0.2, 0.25) is 0 Å². The summed E-state index contributed by atoms with van der Waals surface area (Å²) in [5, 5.41) is 0. The van der Waals surface area contributed by atoms with E-state index in [1.165, 1.54) is 4.90 Å². The van der Waals surface area contributed by atoms with E-state index in [0.717, 1.165) is 5.69 Å². The van der Waals surface area contributed by atoms with Crippen molar-refractivity contribution >= 4 is 11.6 Å². The topological polar surface area (TPSA) is 20.3 Å². The highest BCUT2D eigenvalue weighted by Gasteiger charge is 2.12. The SMILES string of the molecule is [CH2]N(C(=O)c1ccccc1)c1ccccc1. The highest BCUT2D eigenvalue weighted by atomic mass is 16.2. The summed E-state index contributed by atoms with van der Waals surface area (Å²) >= 11 is 0. The molecule has 1 radical (unpaired) electrons. The molecule has 1 amide bonds. The van der Waals surface area contributed by atoms with Crippen LogP contribution in [-0.2, 0) is 0 Å². The molecular weight excluding hydrogens is 198 g/mol. The van der Waals surface area contributed by atoms with Crippen LogP contribution in [0.5, 0.6) is 0 Å². The minimum atomic E-state index is -0.105. The Morgan fingerprint density at radius 2 is 1.38 bits per heavy atom. The first-order valence-corrected chi connectivity index (χ1v) is 5.04. The third-order valence-corrected chi connectivity index (χ3v) is 2.33. The van der Waals surface area contributed by atoms with Crippen LogP contribution in [0.1, 0.15) is 10.4 Å². The van der Waals surface area contributed by atoms with Gasteiger partial charge in [-0.05, 0) is 24.3 Å². The van der Waals surface area contributed by atoms with E-state index in [4.69, 9.17) is 0 Å². The van der Waals surface area contributed by atoms with E-state index < -0.39 is 0 Å². The Labute approximate surface area is 95.1 Å². The fraction of sp³-hybridized carbons (Fsp3) is 0. The lowest BCUT2D eigenvalue weighted by Gasteiger charge is -2.16. The molecule has 2 nitrogen and oxygen atoms in total. The first-order chi connectivity index (χ1) is 7.79. The molecule has 0 unspecified atom stereocenters. The molecule has 0 spiro atoms. The molecule has 0 aliphatic rings. The van der Waals surface area contributed by atoms with Crippen LogP contribution >= 0.6 is 0 Å².